The van der Waals surface area contributed by atoms with E-state index >= 15 is 0 Å². The van der Waals surface area contributed by atoms with Gasteiger partial charge in [0.2, 0.25) is 0 Å². The monoisotopic (exact) mass is 469 g/mol. The Labute approximate surface area is 207 Å². The van der Waals surface area contributed by atoms with Crippen LogP contribution >= 0.6 is 0 Å². The van der Waals surface area contributed by atoms with E-state index in [1.165, 1.54) is 5.57 Å². The van der Waals surface area contributed by atoms with E-state index in [0.29, 0.717) is 5.56 Å². The normalized spacial score (nSPS) is 17.4. The van der Waals surface area contributed by atoms with Crippen LogP contribution in [-0.2, 0) is 0 Å². The Balaban J connectivity index is 0.000000990. The molecule has 1 fully saturated rings. The maximum atomic E-state index is 13.6. The number of rotatable bonds is 4. The first-order valence-electron chi connectivity index (χ1n) is 12.6. The molecule has 4 aromatic rings. The SMILES string of the molecule is CC.CN1CCC(C)(C(=O)c2cnn3ccc(-c4c[nH]c5nc(C6=CCC=C6)ccc45)cc23)CC1.[HH]. The maximum Gasteiger partial charge on any atom is 0.172 e. The van der Waals surface area contributed by atoms with Crippen LogP contribution < -0.4 is 0 Å². The van der Waals surface area contributed by atoms with Crippen molar-refractivity contribution in [1.82, 2.24) is 24.5 Å². The zero-order valence-corrected chi connectivity index (χ0v) is 21.0. The van der Waals surface area contributed by atoms with Gasteiger partial charge in [-0.25, -0.2) is 9.50 Å². The first-order valence-corrected chi connectivity index (χ1v) is 12.6. The third kappa shape index (κ3) is 4.12. The summed E-state index contributed by atoms with van der Waals surface area (Å²) in [7, 11) is 2.12. The third-order valence-electron chi connectivity index (χ3n) is 7.32. The summed E-state index contributed by atoms with van der Waals surface area (Å²) in [6, 6.07) is 8.33. The molecular weight excluding hydrogens is 434 g/mol. The van der Waals surface area contributed by atoms with E-state index in [2.05, 4.69) is 65.4 Å². The molecule has 0 spiro atoms. The molecule has 1 N–H and O–H groups in total. The second-order valence-corrected chi connectivity index (χ2v) is 9.59. The third-order valence-corrected chi connectivity index (χ3v) is 7.32. The first kappa shape index (κ1) is 23.2. The molecular formula is C29H35N5O. The highest BCUT2D eigenvalue weighted by atomic mass is 16.1. The summed E-state index contributed by atoms with van der Waals surface area (Å²) in [5.74, 6) is 0.200. The Hall–Kier alpha value is -3.51. The predicted molar refractivity (Wildman–Crippen MR) is 145 cm³/mol. The highest BCUT2D eigenvalue weighted by Crippen LogP contribution is 2.36. The summed E-state index contributed by atoms with van der Waals surface area (Å²) in [6.45, 7) is 8.00. The molecule has 0 aromatic carbocycles. The van der Waals surface area contributed by atoms with Crippen LogP contribution in [0.5, 0.6) is 0 Å². The number of hydrogen-bond donors (Lipinski definition) is 1. The fourth-order valence-corrected chi connectivity index (χ4v) is 5.04. The molecule has 182 valence electrons. The highest BCUT2D eigenvalue weighted by molar-refractivity contribution is 6.06. The smallest absolute Gasteiger partial charge is 0.172 e. The Kier molecular flexibility index (Phi) is 6.15. The number of carbonyl (C=O) groups excluding carboxylic acids is 1. The molecule has 6 heteroatoms. The van der Waals surface area contributed by atoms with Crippen molar-refractivity contribution in [1.29, 1.82) is 0 Å². The zero-order valence-electron chi connectivity index (χ0n) is 21.0. The van der Waals surface area contributed by atoms with Crippen LogP contribution in [-0.4, -0.2) is 50.4 Å². The molecule has 1 saturated heterocycles. The van der Waals surface area contributed by atoms with Gasteiger partial charge in [-0.2, -0.15) is 5.10 Å². The molecule has 0 radical (unpaired) electrons. The summed E-state index contributed by atoms with van der Waals surface area (Å²) in [4.78, 5) is 24.0. The molecule has 6 nitrogen and oxygen atoms in total. The number of H-pyrrole nitrogens is 1. The van der Waals surface area contributed by atoms with Crippen LogP contribution in [0.25, 0.3) is 33.3 Å². The minimum Gasteiger partial charge on any atom is -0.345 e. The average Bonchev–Trinajstić information content (AvgIpc) is 3.65. The van der Waals surface area contributed by atoms with Crippen LogP contribution in [0.15, 0.2) is 61.1 Å². The summed E-state index contributed by atoms with van der Waals surface area (Å²) in [5.41, 5.74) is 6.37. The summed E-state index contributed by atoms with van der Waals surface area (Å²) in [5, 5.41) is 5.54. The number of aromatic nitrogens is 4. The van der Waals surface area contributed by atoms with E-state index in [1.54, 1.807) is 10.7 Å². The van der Waals surface area contributed by atoms with Crippen LogP contribution in [0.1, 0.15) is 57.5 Å². The van der Waals surface area contributed by atoms with Crippen molar-refractivity contribution >= 4 is 27.9 Å². The van der Waals surface area contributed by atoms with Crippen molar-refractivity contribution < 1.29 is 6.22 Å². The molecule has 0 saturated carbocycles. The number of allylic oxidation sites excluding steroid dienone is 4. The maximum absolute atomic E-state index is 13.6. The molecule has 6 rings (SSSR count). The molecule has 1 aliphatic heterocycles. The molecule has 5 heterocycles. The Morgan fingerprint density at radius 2 is 1.97 bits per heavy atom. The van der Waals surface area contributed by atoms with Crippen molar-refractivity contribution in [3.05, 3.63) is 72.3 Å². The van der Waals surface area contributed by atoms with E-state index in [9.17, 15) is 4.79 Å². The van der Waals surface area contributed by atoms with Gasteiger partial charge >= 0.3 is 0 Å². The molecule has 4 aromatic heterocycles. The summed E-state index contributed by atoms with van der Waals surface area (Å²) in [6.07, 6.45) is 14.8. The number of Topliss-reactive ketones (excluding diaryl/α,β-unsaturated/α-hetero) is 1. The van der Waals surface area contributed by atoms with E-state index in [0.717, 1.165) is 65.7 Å². The fraction of sp³-hybridized carbons (Fsp3) is 0.345. The number of nitrogens with one attached hydrogen (secondary N) is 1. The lowest BCUT2D eigenvalue weighted by atomic mass is 9.75. The van der Waals surface area contributed by atoms with Crippen molar-refractivity contribution in [2.24, 2.45) is 5.41 Å². The Morgan fingerprint density at radius 1 is 1.17 bits per heavy atom. The molecule has 0 bridgehead atoms. The lowest BCUT2D eigenvalue weighted by Crippen LogP contribution is -2.41. The van der Waals surface area contributed by atoms with E-state index in [-0.39, 0.29) is 12.6 Å². The van der Waals surface area contributed by atoms with Gasteiger partial charge in [-0.05, 0) is 74.8 Å². The molecule has 35 heavy (non-hydrogen) atoms. The lowest BCUT2D eigenvalue weighted by molar-refractivity contribution is 0.0680. The van der Waals surface area contributed by atoms with E-state index in [1.807, 2.05) is 32.3 Å². The molecule has 0 atom stereocenters. The number of ketones is 1. The molecule has 0 amide bonds. The van der Waals surface area contributed by atoms with Crippen molar-refractivity contribution in [2.75, 3.05) is 20.1 Å². The number of carbonyl (C=O) groups is 1. The van der Waals surface area contributed by atoms with Crippen molar-refractivity contribution in [2.45, 2.75) is 40.0 Å². The van der Waals surface area contributed by atoms with E-state index in [4.69, 9.17) is 4.98 Å². The average molecular weight is 470 g/mol. The quantitative estimate of drug-likeness (QED) is 0.351. The first-order chi connectivity index (χ1) is 17.0. The Bertz CT molecular complexity index is 1450. The van der Waals surface area contributed by atoms with Gasteiger partial charge in [0.1, 0.15) is 5.65 Å². The summed E-state index contributed by atoms with van der Waals surface area (Å²) >= 11 is 0. The zero-order chi connectivity index (χ0) is 24.6. The number of hydrogen-bond acceptors (Lipinski definition) is 4. The largest absolute Gasteiger partial charge is 0.345 e. The topological polar surface area (TPSA) is 66.3 Å². The van der Waals surface area contributed by atoms with Crippen LogP contribution in [0.3, 0.4) is 0 Å². The van der Waals surface area contributed by atoms with Crippen molar-refractivity contribution in [3.8, 4) is 11.1 Å². The van der Waals surface area contributed by atoms with Gasteiger partial charge in [0.05, 0.1) is 23.0 Å². The second-order valence-electron chi connectivity index (χ2n) is 9.59. The number of fused-ring (bicyclic) bond motifs is 2. The van der Waals surface area contributed by atoms with Gasteiger partial charge in [-0.3, -0.25) is 4.79 Å². The van der Waals surface area contributed by atoms with E-state index < -0.39 is 0 Å². The standard InChI is InChI=1S/C27H27N5O.C2H6.H2/c1-27(10-13-31(2)14-11-27)25(33)22-17-29-32-12-9-19(15-24(22)32)21-16-28-26-20(21)7-8-23(30-26)18-5-3-4-6-18;1-2;/h3,5-9,12,15-17H,4,10-11,13-14H2,1-2H3,(H,28,30);1-2H3;1H. The predicted octanol–water partition coefficient (Wildman–Crippen LogP) is 6.41. The number of piperidine rings is 1. The van der Waals surface area contributed by atoms with Gasteiger partial charge in [0.25, 0.3) is 0 Å². The molecule has 2 aliphatic rings. The van der Waals surface area contributed by atoms with Crippen molar-refractivity contribution in [3.63, 3.8) is 0 Å². The fourth-order valence-electron chi connectivity index (χ4n) is 5.04. The highest BCUT2D eigenvalue weighted by Gasteiger charge is 2.37. The number of nitrogens with zero attached hydrogens (tertiary/aromatic N) is 4. The van der Waals surface area contributed by atoms with Gasteiger partial charge < -0.3 is 9.88 Å². The Morgan fingerprint density at radius 3 is 2.71 bits per heavy atom. The van der Waals surface area contributed by atoms with Crippen LogP contribution in [0.2, 0.25) is 0 Å². The van der Waals surface area contributed by atoms with Gasteiger partial charge in [-0.1, -0.05) is 39.0 Å². The number of likely N-dealkylation sites (tertiary alicyclic amines) is 1. The lowest BCUT2D eigenvalue weighted by Gasteiger charge is -2.36. The minimum absolute atomic E-state index is 0. The van der Waals surface area contributed by atoms with Gasteiger partial charge in [-0.15, -0.1) is 0 Å². The minimum atomic E-state index is -0.337. The number of aromatic amines is 1. The van der Waals surface area contributed by atoms with Gasteiger partial charge in [0, 0.05) is 30.2 Å². The van der Waals surface area contributed by atoms with Gasteiger partial charge in [0.15, 0.2) is 5.78 Å². The second kappa shape index (κ2) is 9.27. The van der Waals surface area contributed by atoms with Crippen LogP contribution in [0.4, 0.5) is 0 Å². The summed E-state index contributed by atoms with van der Waals surface area (Å²) < 4.78 is 1.80. The molecule has 0 unspecified atom stereocenters. The van der Waals surface area contributed by atoms with Crippen LogP contribution in [0, 0.1) is 5.41 Å². The molecule has 1 aliphatic carbocycles. The number of pyridine rings is 2.